The van der Waals surface area contributed by atoms with Gasteiger partial charge >= 0.3 is 0 Å². The van der Waals surface area contributed by atoms with E-state index in [4.69, 9.17) is 4.74 Å². The van der Waals surface area contributed by atoms with Crippen LogP contribution in [0.2, 0.25) is 0 Å². The molecule has 0 aliphatic heterocycles. The summed E-state index contributed by atoms with van der Waals surface area (Å²) in [5, 5.41) is 14.2. The van der Waals surface area contributed by atoms with Gasteiger partial charge in [-0.2, -0.15) is 11.3 Å². The number of unbranched alkanes of at least 4 members (excludes halogenated alkanes) is 1. The average Bonchev–Trinajstić information content (AvgIpc) is 2.57. The SMILES string of the molecule is [O]CCCCOCc1ccsc1. The molecule has 1 heterocycles. The van der Waals surface area contributed by atoms with Gasteiger partial charge < -0.3 is 4.74 Å². The van der Waals surface area contributed by atoms with Crippen molar-refractivity contribution < 1.29 is 9.84 Å². The Kier molecular flexibility index (Phi) is 4.99. The minimum Gasteiger partial charge on any atom is -0.377 e. The molecule has 0 saturated heterocycles. The Morgan fingerprint density at radius 2 is 2.33 bits per heavy atom. The zero-order chi connectivity index (χ0) is 8.65. The fourth-order valence-corrected chi connectivity index (χ4v) is 1.52. The van der Waals surface area contributed by atoms with Gasteiger partial charge in [0.15, 0.2) is 0 Å². The summed E-state index contributed by atoms with van der Waals surface area (Å²) in [6.45, 7) is 1.41. The summed E-state index contributed by atoms with van der Waals surface area (Å²) in [7, 11) is 0. The van der Waals surface area contributed by atoms with E-state index < -0.39 is 0 Å². The van der Waals surface area contributed by atoms with Crippen LogP contribution in [-0.2, 0) is 16.5 Å². The van der Waals surface area contributed by atoms with Crippen LogP contribution in [0, 0.1) is 0 Å². The van der Waals surface area contributed by atoms with Crippen LogP contribution in [0.1, 0.15) is 18.4 Å². The second kappa shape index (κ2) is 6.17. The Morgan fingerprint density at radius 3 is 3.00 bits per heavy atom. The van der Waals surface area contributed by atoms with Crippen molar-refractivity contribution >= 4 is 11.3 Å². The van der Waals surface area contributed by atoms with Crippen molar-refractivity contribution in [3.63, 3.8) is 0 Å². The maximum absolute atomic E-state index is 10.1. The maximum Gasteiger partial charge on any atom is 0.0823 e. The second-order valence-corrected chi connectivity index (χ2v) is 3.38. The highest BCUT2D eigenvalue weighted by molar-refractivity contribution is 7.07. The number of hydrogen-bond donors (Lipinski definition) is 0. The summed E-state index contributed by atoms with van der Waals surface area (Å²) >= 11 is 1.68. The summed E-state index contributed by atoms with van der Waals surface area (Å²) in [6, 6.07) is 2.05. The topological polar surface area (TPSA) is 29.1 Å². The van der Waals surface area contributed by atoms with Gasteiger partial charge in [0.2, 0.25) is 0 Å². The van der Waals surface area contributed by atoms with Gasteiger partial charge in [0.05, 0.1) is 13.2 Å². The molecule has 0 aliphatic carbocycles. The standard InChI is InChI=1S/C9H13O2S/c10-4-1-2-5-11-7-9-3-6-12-8-9/h3,6,8H,1-2,4-5,7H2. The molecule has 0 unspecified atom stereocenters. The van der Waals surface area contributed by atoms with Gasteiger partial charge in [0.25, 0.3) is 0 Å². The highest BCUT2D eigenvalue weighted by atomic mass is 32.1. The molecule has 0 amide bonds. The van der Waals surface area contributed by atoms with Crippen LogP contribution < -0.4 is 0 Å². The molecular formula is C9H13O2S. The minimum absolute atomic E-state index is 0.0157. The number of hydrogen-bond acceptors (Lipinski definition) is 2. The van der Waals surface area contributed by atoms with E-state index >= 15 is 0 Å². The van der Waals surface area contributed by atoms with E-state index in [0.717, 1.165) is 12.8 Å². The van der Waals surface area contributed by atoms with Gasteiger partial charge in [0.1, 0.15) is 0 Å². The van der Waals surface area contributed by atoms with Crippen molar-refractivity contribution in [2.75, 3.05) is 13.2 Å². The third kappa shape index (κ3) is 3.85. The lowest BCUT2D eigenvalue weighted by atomic mass is 10.3. The van der Waals surface area contributed by atoms with Crippen LogP contribution in [0.3, 0.4) is 0 Å². The summed E-state index contributed by atoms with van der Waals surface area (Å²) in [5.41, 5.74) is 1.22. The number of rotatable bonds is 6. The predicted octanol–water partition coefficient (Wildman–Crippen LogP) is 2.48. The van der Waals surface area contributed by atoms with Gasteiger partial charge in [-0.1, -0.05) is 0 Å². The molecule has 0 N–H and O–H groups in total. The van der Waals surface area contributed by atoms with Crippen molar-refractivity contribution in [1.82, 2.24) is 0 Å². The van der Waals surface area contributed by atoms with E-state index in [-0.39, 0.29) is 6.61 Å². The fourth-order valence-electron chi connectivity index (χ4n) is 0.871. The summed E-state index contributed by atoms with van der Waals surface area (Å²) in [6.07, 6.45) is 1.61. The molecule has 0 fully saturated rings. The van der Waals surface area contributed by atoms with Crippen molar-refractivity contribution in [1.29, 1.82) is 0 Å². The first-order valence-corrected chi connectivity index (χ1v) is 5.04. The van der Waals surface area contributed by atoms with E-state index in [1.807, 2.05) is 5.38 Å². The lowest BCUT2D eigenvalue weighted by Gasteiger charge is -2.00. The Bertz CT molecular complexity index is 184. The minimum atomic E-state index is 0.0157. The second-order valence-electron chi connectivity index (χ2n) is 2.60. The van der Waals surface area contributed by atoms with Crippen LogP contribution >= 0.6 is 11.3 Å². The Balaban J connectivity index is 1.96. The largest absolute Gasteiger partial charge is 0.377 e. The first kappa shape index (κ1) is 9.71. The molecule has 67 valence electrons. The molecule has 0 atom stereocenters. The van der Waals surface area contributed by atoms with Gasteiger partial charge in [-0.3, -0.25) is 0 Å². The van der Waals surface area contributed by atoms with Crippen molar-refractivity contribution in [3.05, 3.63) is 22.4 Å². The van der Waals surface area contributed by atoms with Crippen LogP contribution in [-0.4, -0.2) is 13.2 Å². The van der Waals surface area contributed by atoms with Crippen molar-refractivity contribution in [2.45, 2.75) is 19.4 Å². The third-order valence-electron chi connectivity index (χ3n) is 1.53. The van der Waals surface area contributed by atoms with Crippen LogP contribution in [0.4, 0.5) is 0 Å². The van der Waals surface area contributed by atoms with E-state index in [1.54, 1.807) is 11.3 Å². The summed E-state index contributed by atoms with van der Waals surface area (Å²) in [4.78, 5) is 0. The Hall–Kier alpha value is -0.380. The lowest BCUT2D eigenvalue weighted by Crippen LogP contribution is -1.95. The van der Waals surface area contributed by atoms with E-state index in [0.29, 0.717) is 13.2 Å². The molecule has 1 aromatic rings. The van der Waals surface area contributed by atoms with Gasteiger partial charge in [0, 0.05) is 6.61 Å². The van der Waals surface area contributed by atoms with Crippen LogP contribution in [0.15, 0.2) is 16.8 Å². The highest BCUT2D eigenvalue weighted by Crippen LogP contribution is 2.07. The molecule has 1 radical (unpaired) electrons. The number of ether oxygens (including phenoxy) is 1. The normalized spacial score (nSPS) is 10.4. The molecule has 3 heteroatoms. The predicted molar refractivity (Wildman–Crippen MR) is 48.8 cm³/mol. The molecule has 0 saturated carbocycles. The van der Waals surface area contributed by atoms with Crippen LogP contribution in [0.25, 0.3) is 0 Å². The lowest BCUT2D eigenvalue weighted by molar-refractivity contribution is 0.106. The zero-order valence-corrected chi connectivity index (χ0v) is 7.81. The molecular weight excluding hydrogens is 172 g/mol. The fraction of sp³-hybridized carbons (Fsp3) is 0.556. The third-order valence-corrected chi connectivity index (χ3v) is 2.26. The molecule has 12 heavy (non-hydrogen) atoms. The number of thiophene rings is 1. The monoisotopic (exact) mass is 185 g/mol. The molecule has 0 aliphatic rings. The summed E-state index contributed by atoms with van der Waals surface area (Å²) < 4.78 is 5.35. The molecule has 0 bridgehead atoms. The molecule has 1 rings (SSSR count). The van der Waals surface area contributed by atoms with Crippen molar-refractivity contribution in [3.8, 4) is 0 Å². The van der Waals surface area contributed by atoms with Gasteiger partial charge in [-0.05, 0) is 35.2 Å². The zero-order valence-electron chi connectivity index (χ0n) is 6.99. The first-order chi connectivity index (χ1) is 5.93. The van der Waals surface area contributed by atoms with E-state index in [2.05, 4.69) is 11.4 Å². The molecule has 0 aromatic carbocycles. The molecule has 1 aromatic heterocycles. The Labute approximate surface area is 76.8 Å². The first-order valence-electron chi connectivity index (χ1n) is 4.10. The quantitative estimate of drug-likeness (QED) is 0.626. The van der Waals surface area contributed by atoms with E-state index in [9.17, 15) is 5.11 Å². The highest BCUT2D eigenvalue weighted by Gasteiger charge is 1.92. The van der Waals surface area contributed by atoms with E-state index in [1.165, 1.54) is 5.56 Å². The maximum atomic E-state index is 10.1. The smallest absolute Gasteiger partial charge is 0.0823 e. The van der Waals surface area contributed by atoms with Gasteiger partial charge in [-0.15, -0.1) is 0 Å². The molecule has 0 spiro atoms. The summed E-state index contributed by atoms with van der Waals surface area (Å²) in [5.74, 6) is 0. The average molecular weight is 185 g/mol. The van der Waals surface area contributed by atoms with Gasteiger partial charge in [-0.25, -0.2) is 5.11 Å². The molecule has 2 nitrogen and oxygen atoms in total. The van der Waals surface area contributed by atoms with Crippen molar-refractivity contribution in [2.24, 2.45) is 0 Å². The van der Waals surface area contributed by atoms with Crippen LogP contribution in [0.5, 0.6) is 0 Å². The Morgan fingerprint density at radius 1 is 1.42 bits per heavy atom.